The maximum Gasteiger partial charge on any atom is 0.307 e. The zero-order valence-corrected chi connectivity index (χ0v) is 10.6. The molecule has 0 spiro atoms. The van der Waals surface area contributed by atoms with E-state index in [2.05, 4.69) is 6.92 Å². The van der Waals surface area contributed by atoms with Crippen LogP contribution in [0.4, 0.5) is 0 Å². The molecular weight excluding hydrogens is 216 g/mol. The summed E-state index contributed by atoms with van der Waals surface area (Å²) in [5, 5.41) is 18.0. The van der Waals surface area contributed by atoms with Crippen molar-refractivity contribution >= 4 is 5.97 Å². The number of allylic oxidation sites excluding steroid dienone is 2. The van der Waals surface area contributed by atoms with Crippen molar-refractivity contribution in [3.63, 3.8) is 0 Å². The third-order valence-electron chi connectivity index (χ3n) is 2.47. The Morgan fingerprint density at radius 2 is 1.88 bits per heavy atom. The molecule has 0 fully saturated rings. The second kappa shape index (κ2) is 11.4. The summed E-state index contributed by atoms with van der Waals surface area (Å²) in [6, 6.07) is 0. The summed E-state index contributed by atoms with van der Waals surface area (Å²) in [6.07, 6.45) is 13.0. The smallest absolute Gasteiger partial charge is 0.307 e. The van der Waals surface area contributed by atoms with Gasteiger partial charge in [0.2, 0.25) is 0 Å². The Balaban J connectivity index is 3.48. The molecule has 2 N–H and O–H groups in total. The molecule has 0 radical (unpaired) electrons. The van der Waals surface area contributed by atoms with E-state index in [4.69, 9.17) is 5.11 Å². The van der Waals surface area contributed by atoms with Crippen LogP contribution in [0.1, 0.15) is 51.9 Å². The van der Waals surface area contributed by atoms with Crippen molar-refractivity contribution in [2.75, 3.05) is 0 Å². The molecule has 0 aliphatic heterocycles. The number of rotatable bonds is 10. The first-order valence-corrected chi connectivity index (χ1v) is 6.38. The van der Waals surface area contributed by atoms with E-state index in [0.29, 0.717) is 6.42 Å². The van der Waals surface area contributed by atoms with Gasteiger partial charge in [0.1, 0.15) is 0 Å². The van der Waals surface area contributed by atoms with Gasteiger partial charge in [-0.1, -0.05) is 56.9 Å². The summed E-state index contributed by atoms with van der Waals surface area (Å²) in [7, 11) is 0. The van der Waals surface area contributed by atoms with Crippen LogP contribution < -0.4 is 0 Å². The molecule has 0 aliphatic rings. The topological polar surface area (TPSA) is 57.5 Å². The molecule has 0 saturated heterocycles. The quantitative estimate of drug-likeness (QED) is 0.455. The Hall–Kier alpha value is -1.09. The Morgan fingerprint density at radius 1 is 1.18 bits per heavy atom. The zero-order valence-electron chi connectivity index (χ0n) is 10.6. The molecule has 0 aromatic carbocycles. The molecule has 0 aromatic heterocycles. The highest BCUT2D eigenvalue weighted by Gasteiger charge is 2.00. The first-order chi connectivity index (χ1) is 8.16. The average Bonchev–Trinajstić information content (AvgIpc) is 2.29. The fourth-order valence-corrected chi connectivity index (χ4v) is 1.49. The van der Waals surface area contributed by atoms with Crippen molar-refractivity contribution < 1.29 is 15.0 Å². The monoisotopic (exact) mass is 240 g/mol. The van der Waals surface area contributed by atoms with Gasteiger partial charge in [-0.15, -0.1) is 0 Å². The van der Waals surface area contributed by atoms with Crippen molar-refractivity contribution in [1.29, 1.82) is 0 Å². The Bertz CT molecular complexity index is 244. The van der Waals surface area contributed by atoms with Gasteiger partial charge in [0.05, 0.1) is 12.5 Å². The minimum Gasteiger partial charge on any atom is -0.481 e. The number of carboxylic acids is 1. The standard InChI is InChI=1S/C14H24O3/c1-2-3-4-7-10-13(15)11-8-5-6-9-12-14(16)17/h5-6,8-9,13,15H,2-4,7,10-12H2,1H3,(H,16,17)/b8-5-,9-6-/t13-/m0/s1. The molecule has 0 unspecified atom stereocenters. The third kappa shape index (κ3) is 12.8. The zero-order chi connectivity index (χ0) is 12.9. The SMILES string of the molecule is CCCCCC[C@H](O)C/C=C\C=C/CC(=O)O. The van der Waals surface area contributed by atoms with Gasteiger partial charge in [-0.25, -0.2) is 0 Å². The summed E-state index contributed by atoms with van der Waals surface area (Å²) >= 11 is 0. The van der Waals surface area contributed by atoms with Crippen LogP contribution in [0, 0.1) is 0 Å². The first kappa shape index (κ1) is 15.9. The second-order valence-electron chi connectivity index (χ2n) is 4.19. The fraction of sp³-hybridized carbons (Fsp3) is 0.643. The summed E-state index contributed by atoms with van der Waals surface area (Å²) < 4.78 is 0. The molecule has 0 saturated carbocycles. The maximum absolute atomic E-state index is 10.2. The van der Waals surface area contributed by atoms with Crippen molar-refractivity contribution in [2.24, 2.45) is 0 Å². The predicted octanol–water partition coefficient (Wildman–Crippen LogP) is 3.29. The summed E-state index contributed by atoms with van der Waals surface area (Å²) in [5.41, 5.74) is 0. The van der Waals surface area contributed by atoms with Crippen LogP contribution in [0.2, 0.25) is 0 Å². The number of aliphatic hydroxyl groups excluding tert-OH is 1. The van der Waals surface area contributed by atoms with Crippen LogP contribution >= 0.6 is 0 Å². The van der Waals surface area contributed by atoms with E-state index in [9.17, 15) is 9.90 Å². The lowest BCUT2D eigenvalue weighted by atomic mass is 10.1. The molecule has 0 amide bonds. The van der Waals surface area contributed by atoms with Crippen molar-refractivity contribution in [3.05, 3.63) is 24.3 Å². The molecule has 17 heavy (non-hydrogen) atoms. The molecule has 3 heteroatoms. The van der Waals surface area contributed by atoms with Crippen LogP contribution in [0.5, 0.6) is 0 Å². The number of carbonyl (C=O) groups is 1. The number of hydrogen-bond acceptors (Lipinski definition) is 2. The average molecular weight is 240 g/mol. The summed E-state index contributed by atoms with van der Waals surface area (Å²) in [4.78, 5) is 10.2. The fourth-order valence-electron chi connectivity index (χ4n) is 1.49. The van der Waals surface area contributed by atoms with Crippen molar-refractivity contribution in [3.8, 4) is 0 Å². The normalized spacial score (nSPS) is 13.5. The third-order valence-corrected chi connectivity index (χ3v) is 2.47. The number of carboxylic acid groups (broad SMARTS) is 1. The van der Waals surface area contributed by atoms with E-state index in [0.717, 1.165) is 12.8 Å². The van der Waals surface area contributed by atoms with Crippen LogP contribution in [-0.4, -0.2) is 22.3 Å². The lowest BCUT2D eigenvalue weighted by Crippen LogP contribution is -2.04. The molecule has 0 bridgehead atoms. The van der Waals surface area contributed by atoms with Gasteiger partial charge in [-0.2, -0.15) is 0 Å². The van der Waals surface area contributed by atoms with Crippen molar-refractivity contribution in [1.82, 2.24) is 0 Å². The van der Waals surface area contributed by atoms with E-state index in [1.54, 1.807) is 18.2 Å². The van der Waals surface area contributed by atoms with Gasteiger partial charge in [0.15, 0.2) is 0 Å². The molecular formula is C14H24O3. The largest absolute Gasteiger partial charge is 0.481 e. The van der Waals surface area contributed by atoms with E-state index in [1.807, 2.05) is 6.08 Å². The highest BCUT2D eigenvalue weighted by molar-refractivity contribution is 5.68. The van der Waals surface area contributed by atoms with Crippen LogP contribution in [0.3, 0.4) is 0 Å². The number of aliphatic hydroxyl groups is 1. The Kier molecular flexibility index (Phi) is 10.7. The van der Waals surface area contributed by atoms with Gasteiger partial charge in [-0.3, -0.25) is 4.79 Å². The lowest BCUT2D eigenvalue weighted by molar-refractivity contribution is -0.136. The van der Waals surface area contributed by atoms with Gasteiger partial charge in [0.25, 0.3) is 0 Å². The molecule has 0 aromatic rings. The number of unbranched alkanes of at least 4 members (excludes halogenated alkanes) is 3. The minimum atomic E-state index is -0.828. The van der Waals surface area contributed by atoms with E-state index in [1.165, 1.54) is 19.3 Å². The van der Waals surface area contributed by atoms with Gasteiger partial charge < -0.3 is 10.2 Å². The second-order valence-corrected chi connectivity index (χ2v) is 4.19. The molecule has 98 valence electrons. The first-order valence-electron chi connectivity index (χ1n) is 6.38. The van der Waals surface area contributed by atoms with Crippen LogP contribution in [0.25, 0.3) is 0 Å². The molecule has 1 atom stereocenters. The summed E-state index contributed by atoms with van der Waals surface area (Å²) in [5.74, 6) is -0.828. The van der Waals surface area contributed by atoms with Gasteiger partial charge in [0, 0.05) is 0 Å². The highest BCUT2D eigenvalue weighted by atomic mass is 16.4. The Morgan fingerprint density at radius 3 is 2.53 bits per heavy atom. The number of aliphatic carboxylic acids is 1. The minimum absolute atomic E-state index is 0.0455. The Labute approximate surface area is 104 Å². The van der Waals surface area contributed by atoms with E-state index < -0.39 is 5.97 Å². The molecule has 0 aliphatic carbocycles. The highest BCUT2D eigenvalue weighted by Crippen LogP contribution is 2.08. The van der Waals surface area contributed by atoms with E-state index >= 15 is 0 Å². The maximum atomic E-state index is 10.2. The number of hydrogen-bond donors (Lipinski definition) is 2. The van der Waals surface area contributed by atoms with Gasteiger partial charge >= 0.3 is 5.97 Å². The van der Waals surface area contributed by atoms with Crippen LogP contribution in [0.15, 0.2) is 24.3 Å². The molecule has 0 rings (SSSR count). The van der Waals surface area contributed by atoms with Gasteiger partial charge in [-0.05, 0) is 12.8 Å². The van der Waals surface area contributed by atoms with Crippen molar-refractivity contribution in [2.45, 2.75) is 58.0 Å². The summed E-state index contributed by atoms with van der Waals surface area (Å²) in [6.45, 7) is 2.17. The molecule has 0 heterocycles. The molecule has 3 nitrogen and oxygen atoms in total. The van der Waals surface area contributed by atoms with E-state index in [-0.39, 0.29) is 12.5 Å². The van der Waals surface area contributed by atoms with Crippen LogP contribution in [-0.2, 0) is 4.79 Å². The lowest BCUT2D eigenvalue weighted by Gasteiger charge is -2.06. The predicted molar refractivity (Wildman–Crippen MR) is 69.9 cm³/mol.